The third kappa shape index (κ3) is 3.77. The average Bonchev–Trinajstić information content (AvgIpc) is 3.25. The maximum atomic E-state index is 13.2. The second-order valence-corrected chi connectivity index (χ2v) is 7.54. The highest BCUT2D eigenvalue weighted by molar-refractivity contribution is 7.17. The van der Waals surface area contributed by atoms with Gasteiger partial charge in [0.1, 0.15) is 17.0 Å². The lowest BCUT2D eigenvalue weighted by Gasteiger charge is -2.14. The van der Waals surface area contributed by atoms with Gasteiger partial charge in [0.15, 0.2) is 0 Å². The van der Waals surface area contributed by atoms with Gasteiger partial charge in [-0.3, -0.25) is 18.7 Å². The predicted octanol–water partition coefficient (Wildman–Crippen LogP) is 2.92. The molecule has 0 aliphatic rings. The molecule has 0 aliphatic carbocycles. The highest BCUT2D eigenvalue weighted by Gasteiger charge is 2.17. The van der Waals surface area contributed by atoms with Gasteiger partial charge in [0.25, 0.3) is 5.56 Å². The molecule has 0 saturated carbocycles. The van der Waals surface area contributed by atoms with Crippen LogP contribution < -0.4 is 21.3 Å². The Morgan fingerprint density at radius 2 is 1.73 bits per heavy atom. The van der Waals surface area contributed by atoms with Crippen LogP contribution >= 0.6 is 11.3 Å². The van der Waals surface area contributed by atoms with Crippen molar-refractivity contribution in [2.45, 2.75) is 13.1 Å². The largest absolute Gasteiger partial charge is 0.496 e. The number of amides is 1. The maximum Gasteiger partial charge on any atom is 0.332 e. The molecule has 1 amide bonds. The van der Waals surface area contributed by atoms with Crippen LogP contribution in [0.15, 0.2) is 75.6 Å². The Hall–Kier alpha value is -3.65. The van der Waals surface area contributed by atoms with E-state index >= 15 is 0 Å². The number of carbonyl (C=O) groups is 1. The number of carbonyl (C=O) groups excluding carboxylic acids is 1. The number of hydrogen-bond donors (Lipinski definition) is 1. The first-order chi connectivity index (χ1) is 14.6. The molecule has 0 saturated heterocycles. The molecule has 4 aromatic rings. The topological polar surface area (TPSA) is 82.3 Å². The van der Waals surface area contributed by atoms with Crippen molar-refractivity contribution in [2.75, 3.05) is 12.4 Å². The standard InChI is InChI=1S/C22H19N3O4S/c1-29-18-10-6-5-7-15(18)13-25-21(27)20-17(11-12-30-20)24(22(25)28)14-19(26)23-16-8-3-2-4-9-16/h2-12H,13-14H2,1H3,(H,23,26). The van der Waals surface area contributed by atoms with Crippen LogP contribution in [0.3, 0.4) is 0 Å². The van der Waals surface area contributed by atoms with Crippen LogP contribution in [0.2, 0.25) is 0 Å². The number of nitrogens with zero attached hydrogens (tertiary/aromatic N) is 2. The fourth-order valence-corrected chi connectivity index (χ4v) is 4.14. The SMILES string of the molecule is COc1ccccc1Cn1c(=O)c2sccc2n(CC(=O)Nc2ccccc2)c1=O. The molecule has 0 spiro atoms. The molecular weight excluding hydrogens is 402 g/mol. The third-order valence-corrected chi connectivity index (χ3v) is 5.61. The Kier molecular flexibility index (Phi) is 5.49. The molecule has 0 fully saturated rings. The van der Waals surface area contributed by atoms with Crippen LogP contribution in [0.1, 0.15) is 5.56 Å². The third-order valence-electron chi connectivity index (χ3n) is 4.72. The number of anilines is 1. The number of aromatic nitrogens is 2. The Morgan fingerprint density at radius 3 is 2.50 bits per heavy atom. The van der Waals surface area contributed by atoms with E-state index in [2.05, 4.69) is 5.32 Å². The number of thiophene rings is 1. The van der Waals surface area contributed by atoms with Gasteiger partial charge in [0, 0.05) is 11.3 Å². The van der Waals surface area contributed by atoms with Gasteiger partial charge >= 0.3 is 5.69 Å². The lowest BCUT2D eigenvalue weighted by Crippen LogP contribution is -2.41. The molecule has 0 aliphatic heterocycles. The molecule has 8 heteroatoms. The summed E-state index contributed by atoms with van der Waals surface area (Å²) in [6, 6.07) is 17.9. The van der Waals surface area contributed by atoms with Gasteiger partial charge in [-0.25, -0.2) is 4.79 Å². The summed E-state index contributed by atoms with van der Waals surface area (Å²) in [6.45, 7) is -0.150. The van der Waals surface area contributed by atoms with Crippen molar-refractivity contribution in [2.24, 2.45) is 0 Å². The van der Waals surface area contributed by atoms with E-state index < -0.39 is 5.69 Å². The van der Waals surface area contributed by atoms with Crippen molar-refractivity contribution in [1.29, 1.82) is 0 Å². The molecule has 0 atom stereocenters. The van der Waals surface area contributed by atoms with E-state index in [1.807, 2.05) is 30.3 Å². The molecule has 152 valence electrons. The zero-order valence-electron chi connectivity index (χ0n) is 16.2. The van der Waals surface area contributed by atoms with E-state index in [1.54, 1.807) is 35.7 Å². The fraction of sp³-hybridized carbons (Fsp3) is 0.136. The lowest BCUT2D eigenvalue weighted by atomic mass is 10.2. The Balaban J connectivity index is 1.75. The molecule has 2 aromatic heterocycles. The van der Waals surface area contributed by atoms with Gasteiger partial charge in [-0.2, -0.15) is 0 Å². The van der Waals surface area contributed by atoms with Crippen molar-refractivity contribution in [3.8, 4) is 5.75 Å². The molecule has 0 bridgehead atoms. The quantitative estimate of drug-likeness (QED) is 0.519. The first-order valence-electron chi connectivity index (χ1n) is 9.26. The minimum Gasteiger partial charge on any atom is -0.496 e. The summed E-state index contributed by atoms with van der Waals surface area (Å²) in [5.41, 5.74) is 0.875. The minimum atomic E-state index is -0.542. The molecule has 30 heavy (non-hydrogen) atoms. The molecule has 0 unspecified atom stereocenters. The van der Waals surface area contributed by atoms with Crippen molar-refractivity contribution in [3.05, 3.63) is 92.4 Å². The summed E-state index contributed by atoms with van der Waals surface area (Å²) in [5.74, 6) is 0.238. The highest BCUT2D eigenvalue weighted by atomic mass is 32.1. The Bertz CT molecular complexity index is 1320. The lowest BCUT2D eigenvalue weighted by molar-refractivity contribution is -0.116. The number of para-hydroxylation sites is 2. The summed E-state index contributed by atoms with van der Waals surface area (Å²) in [5, 5.41) is 4.51. The van der Waals surface area contributed by atoms with Crippen molar-refractivity contribution in [3.63, 3.8) is 0 Å². The summed E-state index contributed by atoms with van der Waals surface area (Å²) in [4.78, 5) is 38.7. The predicted molar refractivity (Wildman–Crippen MR) is 118 cm³/mol. The maximum absolute atomic E-state index is 13.2. The number of hydrogen-bond acceptors (Lipinski definition) is 5. The first kappa shape index (κ1) is 19.7. The van der Waals surface area contributed by atoms with Crippen molar-refractivity contribution < 1.29 is 9.53 Å². The number of nitrogens with one attached hydrogen (secondary N) is 1. The summed E-state index contributed by atoms with van der Waals surface area (Å²) in [7, 11) is 1.54. The van der Waals surface area contributed by atoms with Gasteiger partial charge in [-0.1, -0.05) is 36.4 Å². The number of ether oxygens (including phenoxy) is 1. The zero-order valence-corrected chi connectivity index (χ0v) is 17.0. The van der Waals surface area contributed by atoms with Crippen molar-refractivity contribution >= 4 is 33.1 Å². The number of methoxy groups -OCH3 is 1. The molecule has 0 radical (unpaired) electrons. The minimum absolute atomic E-state index is 0.0514. The van der Waals surface area contributed by atoms with Gasteiger partial charge in [0.05, 0.1) is 19.2 Å². The fourth-order valence-electron chi connectivity index (χ4n) is 3.30. The summed E-state index contributed by atoms with van der Waals surface area (Å²) < 4.78 is 8.25. The van der Waals surface area contributed by atoms with Gasteiger partial charge in [0.2, 0.25) is 5.91 Å². The Morgan fingerprint density at radius 1 is 1.00 bits per heavy atom. The van der Waals surface area contributed by atoms with Crippen molar-refractivity contribution in [1.82, 2.24) is 9.13 Å². The van der Waals surface area contributed by atoms with Crippen LogP contribution in [0.4, 0.5) is 5.69 Å². The van der Waals surface area contributed by atoms with E-state index in [0.29, 0.717) is 27.2 Å². The summed E-state index contributed by atoms with van der Waals surface area (Å²) >= 11 is 1.25. The van der Waals surface area contributed by atoms with Crippen LogP contribution in [0.5, 0.6) is 5.75 Å². The molecule has 7 nitrogen and oxygen atoms in total. The van der Waals surface area contributed by atoms with Gasteiger partial charge in [-0.15, -0.1) is 11.3 Å². The van der Waals surface area contributed by atoms with Gasteiger partial charge < -0.3 is 10.1 Å². The number of rotatable bonds is 6. The molecule has 4 rings (SSSR count). The monoisotopic (exact) mass is 421 g/mol. The Labute approximate surface area is 175 Å². The second kappa shape index (κ2) is 8.38. The van der Waals surface area contributed by atoms with Crippen LogP contribution in [0.25, 0.3) is 10.2 Å². The highest BCUT2D eigenvalue weighted by Crippen LogP contribution is 2.19. The molecular formula is C22H19N3O4S. The zero-order chi connectivity index (χ0) is 21.1. The van der Waals surface area contributed by atoms with E-state index in [1.165, 1.54) is 23.0 Å². The molecule has 2 heterocycles. The van der Waals surface area contributed by atoms with E-state index in [-0.39, 0.29) is 24.6 Å². The molecule has 1 N–H and O–H groups in total. The first-order valence-corrected chi connectivity index (χ1v) is 10.1. The second-order valence-electron chi connectivity index (χ2n) is 6.62. The van der Waals surface area contributed by atoms with Crippen LogP contribution in [-0.2, 0) is 17.9 Å². The van der Waals surface area contributed by atoms with Crippen LogP contribution in [0, 0.1) is 0 Å². The van der Waals surface area contributed by atoms with Gasteiger partial charge in [-0.05, 0) is 29.6 Å². The normalized spacial score (nSPS) is 10.8. The van der Waals surface area contributed by atoms with E-state index in [4.69, 9.17) is 4.74 Å². The number of fused-ring (bicyclic) bond motifs is 1. The summed E-state index contributed by atoms with van der Waals surface area (Å²) in [6.07, 6.45) is 0. The smallest absolute Gasteiger partial charge is 0.332 e. The molecule has 2 aromatic carbocycles. The average molecular weight is 421 g/mol. The van der Waals surface area contributed by atoms with Crippen LogP contribution in [-0.4, -0.2) is 22.2 Å². The van der Waals surface area contributed by atoms with E-state index in [0.717, 1.165) is 4.57 Å². The number of benzene rings is 2. The van der Waals surface area contributed by atoms with E-state index in [9.17, 15) is 14.4 Å².